The van der Waals surface area contributed by atoms with E-state index in [2.05, 4.69) is 15.3 Å². The number of nitrogens with zero attached hydrogens (tertiary/aromatic N) is 4. The Bertz CT molecular complexity index is 773. The van der Waals surface area contributed by atoms with E-state index in [9.17, 15) is 9.59 Å². The summed E-state index contributed by atoms with van der Waals surface area (Å²) in [5.41, 5.74) is 1.46. The lowest BCUT2D eigenvalue weighted by molar-refractivity contribution is -0.118. The summed E-state index contributed by atoms with van der Waals surface area (Å²) in [6.45, 7) is 3.08. The molecule has 1 aromatic heterocycles. The van der Waals surface area contributed by atoms with Gasteiger partial charge in [-0.2, -0.15) is 0 Å². The van der Waals surface area contributed by atoms with E-state index in [1.807, 2.05) is 29.2 Å². The molecule has 8 heteroatoms. The normalized spacial score (nSPS) is 14.0. The highest BCUT2D eigenvalue weighted by Gasteiger charge is 2.19. The average Bonchev–Trinajstić information content (AvgIpc) is 2.74. The number of nitrogens with one attached hydrogen (secondary N) is 1. The zero-order valence-corrected chi connectivity index (χ0v) is 15.3. The van der Waals surface area contributed by atoms with E-state index in [1.165, 1.54) is 0 Å². The van der Waals surface area contributed by atoms with Crippen LogP contribution >= 0.6 is 0 Å². The number of anilines is 1. The Morgan fingerprint density at radius 2 is 1.93 bits per heavy atom. The molecule has 1 aromatic carbocycles. The van der Waals surface area contributed by atoms with E-state index < -0.39 is 0 Å². The van der Waals surface area contributed by atoms with Gasteiger partial charge in [0, 0.05) is 38.9 Å². The fourth-order valence-corrected chi connectivity index (χ4v) is 2.86. The molecule has 8 nitrogen and oxygen atoms in total. The highest BCUT2D eigenvalue weighted by molar-refractivity contribution is 5.92. The molecule has 142 valence electrons. The number of rotatable bonds is 7. The molecule has 27 heavy (non-hydrogen) atoms. The molecule has 0 radical (unpaired) electrons. The number of carbonyl (C=O) groups is 2. The maximum atomic E-state index is 12.4. The van der Waals surface area contributed by atoms with Gasteiger partial charge >= 0.3 is 0 Å². The fourth-order valence-electron chi connectivity index (χ4n) is 2.86. The number of piperazine rings is 1. The predicted octanol–water partition coefficient (Wildman–Crippen LogP) is 0.736. The van der Waals surface area contributed by atoms with Crippen LogP contribution in [0.3, 0.4) is 0 Å². The van der Waals surface area contributed by atoms with Crippen molar-refractivity contribution in [3.8, 4) is 5.75 Å². The predicted molar refractivity (Wildman–Crippen MR) is 101 cm³/mol. The number of hydrogen-bond acceptors (Lipinski definition) is 6. The van der Waals surface area contributed by atoms with E-state index in [-0.39, 0.29) is 5.91 Å². The van der Waals surface area contributed by atoms with Crippen molar-refractivity contribution >= 4 is 18.3 Å². The summed E-state index contributed by atoms with van der Waals surface area (Å²) in [6, 6.07) is 9.36. The van der Waals surface area contributed by atoms with Crippen molar-refractivity contribution in [1.82, 2.24) is 20.2 Å². The van der Waals surface area contributed by atoms with Gasteiger partial charge in [-0.3, -0.25) is 9.59 Å². The minimum atomic E-state index is -0.223. The Morgan fingerprint density at radius 1 is 1.19 bits per heavy atom. The van der Waals surface area contributed by atoms with Gasteiger partial charge in [0.05, 0.1) is 7.11 Å². The molecule has 0 atom stereocenters. The van der Waals surface area contributed by atoms with Crippen LogP contribution in [0.4, 0.5) is 5.95 Å². The van der Waals surface area contributed by atoms with Crippen LogP contribution in [0.15, 0.2) is 36.5 Å². The topological polar surface area (TPSA) is 87.7 Å². The number of aromatic nitrogens is 2. The summed E-state index contributed by atoms with van der Waals surface area (Å²) in [4.78, 5) is 35.5. The molecule has 1 saturated heterocycles. The van der Waals surface area contributed by atoms with Gasteiger partial charge in [-0.1, -0.05) is 12.1 Å². The standard InChI is InChI=1S/C19H23N5O3/c1-27-16-4-2-15(3-5-16)6-8-20-18(26)17-7-9-21-19(22-17)24-12-10-23(14-25)11-13-24/h2-5,7,9,14H,6,8,10-13H2,1H3,(H,20,26). The summed E-state index contributed by atoms with van der Waals surface area (Å²) >= 11 is 0. The second kappa shape index (κ2) is 8.98. The molecule has 0 aliphatic carbocycles. The zero-order valence-electron chi connectivity index (χ0n) is 15.3. The highest BCUT2D eigenvalue weighted by Crippen LogP contribution is 2.12. The van der Waals surface area contributed by atoms with Crippen molar-refractivity contribution in [2.45, 2.75) is 6.42 Å². The molecule has 3 rings (SSSR count). The van der Waals surface area contributed by atoms with Crippen LogP contribution in [0.1, 0.15) is 16.1 Å². The maximum absolute atomic E-state index is 12.4. The zero-order chi connectivity index (χ0) is 19.1. The number of amides is 2. The first-order valence-electron chi connectivity index (χ1n) is 8.88. The van der Waals surface area contributed by atoms with Crippen LogP contribution < -0.4 is 15.0 Å². The number of carbonyl (C=O) groups excluding carboxylic acids is 2. The third-order valence-electron chi connectivity index (χ3n) is 4.48. The van der Waals surface area contributed by atoms with Crippen LogP contribution in [0.5, 0.6) is 5.75 Å². The summed E-state index contributed by atoms with van der Waals surface area (Å²) in [7, 11) is 1.63. The van der Waals surface area contributed by atoms with E-state index in [0.29, 0.717) is 44.4 Å². The fraction of sp³-hybridized carbons (Fsp3) is 0.368. The molecular formula is C19H23N5O3. The lowest BCUT2D eigenvalue weighted by atomic mass is 10.1. The van der Waals surface area contributed by atoms with Gasteiger partial charge in [0.25, 0.3) is 5.91 Å². The summed E-state index contributed by atoms with van der Waals surface area (Å²) in [5, 5.41) is 2.89. The molecule has 1 aliphatic heterocycles. The lowest BCUT2D eigenvalue weighted by Gasteiger charge is -2.32. The molecule has 0 unspecified atom stereocenters. The van der Waals surface area contributed by atoms with Crippen LogP contribution in [0.25, 0.3) is 0 Å². The van der Waals surface area contributed by atoms with Gasteiger partial charge in [-0.05, 0) is 30.2 Å². The Balaban J connectivity index is 1.53. The summed E-state index contributed by atoms with van der Waals surface area (Å²) in [6.07, 6.45) is 3.17. The Hall–Kier alpha value is -3.16. The van der Waals surface area contributed by atoms with Gasteiger partial charge in [0.2, 0.25) is 12.4 Å². The molecule has 0 bridgehead atoms. The van der Waals surface area contributed by atoms with Gasteiger partial charge in [0.15, 0.2) is 0 Å². The van der Waals surface area contributed by atoms with Crippen LogP contribution in [-0.2, 0) is 11.2 Å². The lowest BCUT2D eigenvalue weighted by Crippen LogP contribution is -2.46. The molecule has 2 amide bonds. The molecule has 0 saturated carbocycles. The SMILES string of the molecule is COc1ccc(CCNC(=O)c2ccnc(N3CCN(C=O)CC3)n2)cc1. The largest absolute Gasteiger partial charge is 0.497 e. The van der Waals surface area contributed by atoms with Crippen molar-refractivity contribution in [2.24, 2.45) is 0 Å². The highest BCUT2D eigenvalue weighted by atomic mass is 16.5. The van der Waals surface area contributed by atoms with E-state index in [1.54, 1.807) is 24.3 Å². The number of methoxy groups -OCH3 is 1. The van der Waals surface area contributed by atoms with Crippen LogP contribution in [0.2, 0.25) is 0 Å². The summed E-state index contributed by atoms with van der Waals surface area (Å²) < 4.78 is 5.14. The first kappa shape index (κ1) is 18.6. The van der Waals surface area contributed by atoms with Crippen molar-refractivity contribution in [2.75, 3.05) is 44.7 Å². The molecule has 0 spiro atoms. The Morgan fingerprint density at radius 3 is 2.59 bits per heavy atom. The van der Waals surface area contributed by atoms with Gasteiger partial charge in [-0.25, -0.2) is 9.97 Å². The second-order valence-electron chi connectivity index (χ2n) is 6.22. The third-order valence-corrected chi connectivity index (χ3v) is 4.48. The minimum Gasteiger partial charge on any atom is -0.497 e. The third kappa shape index (κ3) is 4.93. The Kier molecular flexibility index (Phi) is 6.19. The molecule has 1 N–H and O–H groups in total. The van der Waals surface area contributed by atoms with Crippen molar-refractivity contribution in [3.63, 3.8) is 0 Å². The second-order valence-corrected chi connectivity index (χ2v) is 6.22. The number of hydrogen-bond donors (Lipinski definition) is 1. The molecule has 2 heterocycles. The first-order valence-corrected chi connectivity index (χ1v) is 8.88. The van der Waals surface area contributed by atoms with Crippen LogP contribution in [0, 0.1) is 0 Å². The average molecular weight is 369 g/mol. The molecule has 1 aliphatic rings. The Labute approximate surface area is 158 Å². The van der Waals surface area contributed by atoms with Gasteiger partial charge < -0.3 is 19.9 Å². The van der Waals surface area contributed by atoms with E-state index in [0.717, 1.165) is 24.1 Å². The monoisotopic (exact) mass is 369 g/mol. The number of benzene rings is 1. The quantitative estimate of drug-likeness (QED) is 0.724. The van der Waals surface area contributed by atoms with E-state index in [4.69, 9.17) is 4.74 Å². The molecular weight excluding hydrogens is 346 g/mol. The molecule has 1 fully saturated rings. The maximum Gasteiger partial charge on any atom is 0.270 e. The summed E-state index contributed by atoms with van der Waals surface area (Å²) in [5.74, 6) is 1.10. The van der Waals surface area contributed by atoms with Gasteiger partial charge in [-0.15, -0.1) is 0 Å². The minimum absolute atomic E-state index is 0.223. The molecule has 2 aromatic rings. The number of ether oxygens (including phenoxy) is 1. The van der Waals surface area contributed by atoms with Crippen molar-refractivity contribution in [1.29, 1.82) is 0 Å². The van der Waals surface area contributed by atoms with Crippen molar-refractivity contribution < 1.29 is 14.3 Å². The first-order chi connectivity index (χ1) is 13.2. The van der Waals surface area contributed by atoms with Crippen LogP contribution in [-0.4, -0.2) is 67.0 Å². The van der Waals surface area contributed by atoms with Crippen molar-refractivity contribution in [3.05, 3.63) is 47.8 Å². The van der Waals surface area contributed by atoms with Gasteiger partial charge in [0.1, 0.15) is 11.4 Å². The smallest absolute Gasteiger partial charge is 0.270 e. The van der Waals surface area contributed by atoms with E-state index >= 15 is 0 Å².